The average Bonchev–Trinajstić information content (AvgIpc) is 3.09. The second kappa shape index (κ2) is 8.05. The van der Waals surface area contributed by atoms with Crippen molar-refractivity contribution < 1.29 is 4.79 Å². The van der Waals surface area contributed by atoms with E-state index in [4.69, 9.17) is 4.98 Å². The molecule has 0 aliphatic carbocycles. The summed E-state index contributed by atoms with van der Waals surface area (Å²) in [6.45, 7) is 3.67. The van der Waals surface area contributed by atoms with Crippen LogP contribution >= 0.6 is 0 Å². The van der Waals surface area contributed by atoms with Crippen LogP contribution in [0.2, 0.25) is 0 Å². The number of carbonyl (C=O) groups is 1. The Hall–Kier alpha value is -2.95. The summed E-state index contributed by atoms with van der Waals surface area (Å²) in [5, 5.41) is 0. The van der Waals surface area contributed by atoms with Crippen LogP contribution in [-0.4, -0.2) is 47.0 Å². The number of benzene rings is 2. The number of aromatic nitrogens is 2. The number of likely N-dealkylation sites (tertiary alicyclic amines) is 1. The van der Waals surface area contributed by atoms with Gasteiger partial charge in [0, 0.05) is 38.0 Å². The molecule has 0 bridgehead atoms. The minimum absolute atomic E-state index is 0.143. The van der Waals surface area contributed by atoms with Crippen LogP contribution in [0.5, 0.6) is 0 Å². The van der Waals surface area contributed by atoms with Gasteiger partial charge in [-0.2, -0.15) is 0 Å². The first-order chi connectivity index (χ1) is 14.7. The summed E-state index contributed by atoms with van der Waals surface area (Å²) in [5.41, 5.74) is 3.37. The van der Waals surface area contributed by atoms with Gasteiger partial charge in [-0.05, 0) is 43.4 Å². The lowest BCUT2D eigenvalue weighted by Gasteiger charge is -2.39. The van der Waals surface area contributed by atoms with Crippen molar-refractivity contribution in [3.8, 4) is 0 Å². The predicted molar refractivity (Wildman–Crippen MR) is 119 cm³/mol. The van der Waals surface area contributed by atoms with Crippen molar-refractivity contribution in [2.24, 2.45) is 5.41 Å². The summed E-state index contributed by atoms with van der Waals surface area (Å²) >= 11 is 0. The molecule has 2 aliphatic heterocycles. The molecule has 2 fully saturated rings. The molecule has 0 radical (unpaired) electrons. The van der Waals surface area contributed by atoms with Crippen LogP contribution in [0.4, 0.5) is 5.82 Å². The van der Waals surface area contributed by atoms with E-state index in [1.54, 1.807) is 0 Å². The lowest BCUT2D eigenvalue weighted by molar-refractivity contribution is -0.127. The number of para-hydroxylation sites is 2. The highest BCUT2D eigenvalue weighted by atomic mass is 16.2. The van der Waals surface area contributed by atoms with Gasteiger partial charge in [0.2, 0.25) is 5.91 Å². The molecule has 154 valence electrons. The van der Waals surface area contributed by atoms with Gasteiger partial charge in [0.25, 0.3) is 0 Å². The van der Waals surface area contributed by atoms with E-state index in [1.807, 2.05) is 36.5 Å². The molecule has 1 spiro atoms. The Labute approximate surface area is 177 Å². The zero-order chi connectivity index (χ0) is 20.4. The molecule has 3 heterocycles. The molecule has 0 unspecified atom stereocenters. The molecule has 2 saturated heterocycles. The third kappa shape index (κ3) is 3.89. The molecule has 0 saturated carbocycles. The standard InChI is InChI=1S/C25H28N4O/c30-24-17-25(19-29(24)14-6-9-20-7-2-1-3-8-20)12-15-28(16-13-25)23-18-26-21-10-4-5-11-22(21)27-23/h1-5,7-8,10-11,18H,6,9,12-17,19H2. The number of fused-ring (bicyclic) bond motifs is 1. The smallest absolute Gasteiger partial charge is 0.223 e. The summed E-state index contributed by atoms with van der Waals surface area (Å²) in [5.74, 6) is 1.29. The largest absolute Gasteiger partial charge is 0.355 e. The second-order valence-corrected chi connectivity index (χ2v) is 8.79. The van der Waals surface area contributed by atoms with Crippen LogP contribution in [-0.2, 0) is 11.2 Å². The van der Waals surface area contributed by atoms with Crippen LogP contribution < -0.4 is 4.90 Å². The van der Waals surface area contributed by atoms with Crippen LogP contribution in [0.25, 0.3) is 11.0 Å². The number of nitrogens with zero attached hydrogens (tertiary/aromatic N) is 4. The van der Waals surface area contributed by atoms with Gasteiger partial charge in [-0.3, -0.25) is 9.78 Å². The first kappa shape index (κ1) is 19.0. The summed E-state index contributed by atoms with van der Waals surface area (Å²) in [7, 11) is 0. The molecule has 0 atom stereocenters. The summed E-state index contributed by atoms with van der Waals surface area (Å²) in [6.07, 6.45) is 6.74. The Bertz CT molecular complexity index is 1030. The topological polar surface area (TPSA) is 49.3 Å². The Morgan fingerprint density at radius 2 is 1.67 bits per heavy atom. The maximum absolute atomic E-state index is 12.7. The summed E-state index contributed by atoms with van der Waals surface area (Å²) in [4.78, 5) is 26.5. The Morgan fingerprint density at radius 3 is 2.47 bits per heavy atom. The minimum Gasteiger partial charge on any atom is -0.355 e. The van der Waals surface area contributed by atoms with Gasteiger partial charge in [-0.25, -0.2) is 4.98 Å². The van der Waals surface area contributed by atoms with E-state index in [-0.39, 0.29) is 5.41 Å². The second-order valence-electron chi connectivity index (χ2n) is 8.79. The maximum atomic E-state index is 12.7. The van der Waals surface area contributed by atoms with E-state index in [0.29, 0.717) is 12.3 Å². The van der Waals surface area contributed by atoms with Crippen molar-refractivity contribution >= 4 is 22.8 Å². The molecule has 30 heavy (non-hydrogen) atoms. The normalized spacial score (nSPS) is 18.5. The zero-order valence-corrected chi connectivity index (χ0v) is 17.3. The van der Waals surface area contributed by atoms with E-state index < -0.39 is 0 Å². The van der Waals surface area contributed by atoms with Gasteiger partial charge in [0.1, 0.15) is 5.82 Å². The van der Waals surface area contributed by atoms with Gasteiger partial charge in [0.15, 0.2) is 0 Å². The van der Waals surface area contributed by atoms with Gasteiger partial charge >= 0.3 is 0 Å². The highest BCUT2D eigenvalue weighted by Crippen LogP contribution is 2.41. The Balaban J connectivity index is 1.17. The highest BCUT2D eigenvalue weighted by molar-refractivity contribution is 5.79. The SMILES string of the molecule is O=C1CC2(CCN(c3cnc4ccccc4n3)CC2)CN1CCCc1ccccc1. The molecule has 5 heteroatoms. The highest BCUT2D eigenvalue weighted by Gasteiger charge is 2.44. The monoisotopic (exact) mass is 400 g/mol. The number of rotatable bonds is 5. The molecule has 2 aliphatic rings. The molecule has 1 aromatic heterocycles. The number of aryl methyl sites for hydroxylation is 1. The quantitative estimate of drug-likeness (QED) is 0.647. The first-order valence-electron chi connectivity index (χ1n) is 11.0. The fraction of sp³-hybridized carbons (Fsp3) is 0.400. The average molecular weight is 401 g/mol. The lowest BCUT2D eigenvalue weighted by Crippen LogP contribution is -2.42. The van der Waals surface area contributed by atoms with E-state index in [9.17, 15) is 4.79 Å². The van der Waals surface area contributed by atoms with Crippen molar-refractivity contribution in [3.05, 3.63) is 66.4 Å². The molecule has 2 aromatic carbocycles. The van der Waals surface area contributed by atoms with Crippen LogP contribution in [0.3, 0.4) is 0 Å². The molecular weight excluding hydrogens is 372 g/mol. The van der Waals surface area contributed by atoms with E-state index in [1.165, 1.54) is 5.56 Å². The van der Waals surface area contributed by atoms with E-state index in [2.05, 4.69) is 39.0 Å². The van der Waals surface area contributed by atoms with Gasteiger partial charge < -0.3 is 9.80 Å². The minimum atomic E-state index is 0.143. The number of hydrogen-bond acceptors (Lipinski definition) is 4. The van der Waals surface area contributed by atoms with Crippen LogP contribution in [0.1, 0.15) is 31.2 Å². The molecule has 5 nitrogen and oxygen atoms in total. The molecule has 1 amide bonds. The number of hydrogen-bond donors (Lipinski definition) is 0. The maximum Gasteiger partial charge on any atom is 0.223 e. The van der Waals surface area contributed by atoms with Gasteiger partial charge in [-0.1, -0.05) is 42.5 Å². The van der Waals surface area contributed by atoms with E-state index >= 15 is 0 Å². The Kier molecular flexibility index (Phi) is 5.11. The number of carbonyl (C=O) groups excluding carboxylic acids is 1. The van der Waals surface area contributed by atoms with E-state index in [0.717, 1.165) is 68.7 Å². The van der Waals surface area contributed by atoms with Gasteiger partial charge in [0.05, 0.1) is 17.2 Å². The fourth-order valence-electron chi connectivity index (χ4n) is 4.95. The Morgan fingerprint density at radius 1 is 0.933 bits per heavy atom. The predicted octanol–water partition coefficient (Wildman–Crippen LogP) is 4.08. The lowest BCUT2D eigenvalue weighted by atomic mass is 9.77. The molecular formula is C25H28N4O. The molecule has 5 rings (SSSR count). The molecule has 3 aromatic rings. The van der Waals surface area contributed by atoms with Crippen molar-refractivity contribution in [1.29, 1.82) is 0 Å². The fourth-order valence-corrected chi connectivity index (χ4v) is 4.95. The third-order valence-corrected chi connectivity index (χ3v) is 6.73. The first-order valence-corrected chi connectivity index (χ1v) is 11.0. The number of anilines is 1. The van der Waals surface area contributed by atoms with Gasteiger partial charge in [-0.15, -0.1) is 0 Å². The van der Waals surface area contributed by atoms with Crippen molar-refractivity contribution in [2.75, 3.05) is 31.1 Å². The van der Waals surface area contributed by atoms with Crippen LogP contribution in [0, 0.1) is 5.41 Å². The number of piperidine rings is 1. The zero-order valence-electron chi connectivity index (χ0n) is 17.3. The molecule has 0 N–H and O–H groups in total. The summed E-state index contributed by atoms with van der Waals surface area (Å²) in [6, 6.07) is 18.5. The third-order valence-electron chi connectivity index (χ3n) is 6.73. The van der Waals surface area contributed by atoms with Crippen molar-refractivity contribution in [3.63, 3.8) is 0 Å². The summed E-state index contributed by atoms with van der Waals surface area (Å²) < 4.78 is 0. The van der Waals surface area contributed by atoms with Crippen molar-refractivity contribution in [1.82, 2.24) is 14.9 Å². The van der Waals surface area contributed by atoms with Crippen molar-refractivity contribution in [2.45, 2.75) is 32.1 Å². The van der Waals surface area contributed by atoms with Crippen LogP contribution in [0.15, 0.2) is 60.8 Å². The number of amides is 1.